The van der Waals surface area contributed by atoms with Gasteiger partial charge in [-0.2, -0.15) is 0 Å². The lowest BCUT2D eigenvalue weighted by atomic mass is 10.0. The third-order valence-corrected chi connectivity index (χ3v) is 8.02. The zero-order valence-electron chi connectivity index (χ0n) is 17.9. The molecule has 3 aliphatic rings. The number of carbonyl (C=O) groups excluding carboxylic acids is 2. The molecule has 2 aliphatic heterocycles. The van der Waals surface area contributed by atoms with Gasteiger partial charge in [0, 0.05) is 32.2 Å². The highest BCUT2D eigenvalue weighted by Gasteiger charge is 2.44. The van der Waals surface area contributed by atoms with E-state index in [2.05, 4.69) is 23.1 Å². The molecule has 0 N–H and O–H groups in total. The van der Waals surface area contributed by atoms with E-state index < -0.39 is 9.84 Å². The maximum absolute atomic E-state index is 12.5. The second-order valence-electron chi connectivity index (χ2n) is 8.96. The van der Waals surface area contributed by atoms with Crippen LogP contribution >= 0.6 is 0 Å². The van der Waals surface area contributed by atoms with Gasteiger partial charge in [-0.1, -0.05) is 42.5 Å². The number of benzene rings is 2. The summed E-state index contributed by atoms with van der Waals surface area (Å²) < 4.78 is 23.3. The summed E-state index contributed by atoms with van der Waals surface area (Å²) in [5.41, 5.74) is 4.34. The highest BCUT2D eigenvalue weighted by atomic mass is 32.2. The van der Waals surface area contributed by atoms with Crippen molar-refractivity contribution in [1.82, 2.24) is 14.7 Å². The zero-order chi connectivity index (χ0) is 22.3. The maximum Gasteiger partial charge on any atom is 0.327 e. The van der Waals surface area contributed by atoms with E-state index in [1.807, 2.05) is 30.3 Å². The van der Waals surface area contributed by atoms with Crippen molar-refractivity contribution in [2.45, 2.75) is 32.0 Å². The fourth-order valence-electron chi connectivity index (χ4n) is 4.42. The standard InChI is InChI=1S/C24H27N3O4S/c28-23-17-26(24(29)27(23)22-8-9-22)16-18-4-6-20(7-5-18)21-3-1-2-19(14-21)15-25-10-12-32(30,31)13-11-25/h1-7,14,22H,8-13,15-17H2. The van der Waals surface area contributed by atoms with Gasteiger partial charge in [0.1, 0.15) is 6.54 Å². The Labute approximate surface area is 188 Å². The molecule has 168 valence electrons. The SMILES string of the molecule is O=C1CN(Cc2ccc(-c3cccc(CN4CCS(=O)(=O)CC4)c3)cc2)C(=O)N1C1CC1. The lowest BCUT2D eigenvalue weighted by molar-refractivity contribution is -0.125. The third-order valence-electron chi connectivity index (χ3n) is 6.41. The number of rotatable bonds is 6. The number of sulfone groups is 1. The van der Waals surface area contributed by atoms with Gasteiger partial charge in [0.15, 0.2) is 9.84 Å². The summed E-state index contributed by atoms with van der Waals surface area (Å²) in [7, 11) is -2.87. The zero-order valence-corrected chi connectivity index (χ0v) is 18.8. The Balaban J connectivity index is 1.23. The van der Waals surface area contributed by atoms with Gasteiger partial charge in [-0.3, -0.25) is 14.6 Å². The Morgan fingerprint density at radius 1 is 0.844 bits per heavy atom. The molecule has 5 rings (SSSR count). The van der Waals surface area contributed by atoms with Crippen LogP contribution in [0.15, 0.2) is 48.5 Å². The van der Waals surface area contributed by atoms with Crippen LogP contribution in [0.2, 0.25) is 0 Å². The lowest BCUT2D eigenvalue weighted by Gasteiger charge is -2.26. The first-order valence-electron chi connectivity index (χ1n) is 11.1. The first-order valence-corrected chi connectivity index (χ1v) is 12.9. The van der Waals surface area contributed by atoms with Crippen molar-refractivity contribution in [3.05, 3.63) is 59.7 Å². The monoisotopic (exact) mass is 453 g/mol. The second-order valence-corrected chi connectivity index (χ2v) is 11.3. The van der Waals surface area contributed by atoms with E-state index in [4.69, 9.17) is 0 Å². The normalized spacial score (nSPS) is 21.4. The Morgan fingerprint density at radius 3 is 2.25 bits per heavy atom. The van der Waals surface area contributed by atoms with E-state index in [1.165, 1.54) is 4.90 Å². The Kier molecular flexibility index (Phi) is 5.51. The molecule has 2 saturated heterocycles. The van der Waals surface area contributed by atoms with Crippen molar-refractivity contribution in [3.63, 3.8) is 0 Å². The molecule has 0 aromatic heterocycles. The number of hydrogen-bond acceptors (Lipinski definition) is 5. The molecule has 2 aromatic rings. The van der Waals surface area contributed by atoms with Crippen LogP contribution in [0.5, 0.6) is 0 Å². The van der Waals surface area contributed by atoms with Gasteiger partial charge in [-0.15, -0.1) is 0 Å². The summed E-state index contributed by atoms with van der Waals surface area (Å²) >= 11 is 0. The van der Waals surface area contributed by atoms with E-state index in [0.29, 0.717) is 19.6 Å². The molecule has 7 nitrogen and oxygen atoms in total. The van der Waals surface area contributed by atoms with Crippen LogP contribution in [0.1, 0.15) is 24.0 Å². The predicted octanol–water partition coefficient (Wildman–Crippen LogP) is 2.51. The molecule has 0 spiro atoms. The fraction of sp³-hybridized carbons (Fsp3) is 0.417. The van der Waals surface area contributed by atoms with Gasteiger partial charge in [-0.25, -0.2) is 13.2 Å². The topological polar surface area (TPSA) is 78.0 Å². The van der Waals surface area contributed by atoms with E-state index in [-0.39, 0.29) is 36.0 Å². The predicted molar refractivity (Wildman–Crippen MR) is 121 cm³/mol. The Bertz CT molecular complexity index is 1130. The molecule has 2 aromatic carbocycles. The number of amides is 3. The van der Waals surface area contributed by atoms with Crippen LogP contribution in [-0.4, -0.2) is 72.2 Å². The number of hydrogen-bond donors (Lipinski definition) is 0. The van der Waals surface area contributed by atoms with Gasteiger partial charge in [0.05, 0.1) is 11.5 Å². The van der Waals surface area contributed by atoms with Crippen molar-refractivity contribution in [3.8, 4) is 11.1 Å². The first kappa shape index (κ1) is 21.2. The maximum atomic E-state index is 12.5. The molecular weight excluding hydrogens is 426 g/mol. The minimum atomic E-state index is -2.87. The van der Waals surface area contributed by atoms with Crippen LogP contribution in [-0.2, 0) is 27.7 Å². The van der Waals surface area contributed by atoms with Crippen LogP contribution in [0.4, 0.5) is 4.79 Å². The average molecular weight is 454 g/mol. The van der Waals surface area contributed by atoms with Crippen LogP contribution in [0, 0.1) is 0 Å². The van der Waals surface area contributed by atoms with Gasteiger partial charge in [-0.05, 0) is 41.2 Å². The fourth-order valence-corrected chi connectivity index (χ4v) is 5.70. The van der Waals surface area contributed by atoms with Gasteiger partial charge < -0.3 is 4.90 Å². The molecule has 0 bridgehead atoms. The summed E-state index contributed by atoms with van der Waals surface area (Å²) in [5, 5.41) is 0. The quantitative estimate of drug-likeness (QED) is 0.628. The smallest absolute Gasteiger partial charge is 0.311 e. The van der Waals surface area contributed by atoms with E-state index in [9.17, 15) is 18.0 Å². The largest absolute Gasteiger partial charge is 0.327 e. The van der Waals surface area contributed by atoms with Crippen molar-refractivity contribution in [2.24, 2.45) is 0 Å². The van der Waals surface area contributed by atoms with E-state index in [1.54, 1.807) is 4.90 Å². The van der Waals surface area contributed by atoms with E-state index >= 15 is 0 Å². The molecule has 8 heteroatoms. The van der Waals surface area contributed by atoms with Crippen LogP contribution in [0.3, 0.4) is 0 Å². The molecule has 1 aliphatic carbocycles. The molecule has 0 atom stereocenters. The lowest BCUT2D eigenvalue weighted by Crippen LogP contribution is -2.39. The molecule has 1 saturated carbocycles. The summed E-state index contributed by atoms with van der Waals surface area (Å²) in [6.07, 6.45) is 1.85. The van der Waals surface area contributed by atoms with Gasteiger partial charge in [0.25, 0.3) is 5.91 Å². The van der Waals surface area contributed by atoms with Crippen molar-refractivity contribution in [2.75, 3.05) is 31.1 Å². The van der Waals surface area contributed by atoms with Gasteiger partial charge in [0.2, 0.25) is 0 Å². The molecule has 0 unspecified atom stereocenters. The van der Waals surface area contributed by atoms with Gasteiger partial charge >= 0.3 is 6.03 Å². The van der Waals surface area contributed by atoms with Crippen LogP contribution in [0.25, 0.3) is 11.1 Å². The number of carbonyl (C=O) groups is 2. The number of urea groups is 1. The van der Waals surface area contributed by atoms with Crippen molar-refractivity contribution >= 4 is 21.8 Å². The molecular formula is C24H27N3O4S. The Morgan fingerprint density at radius 2 is 1.56 bits per heavy atom. The summed E-state index contributed by atoms with van der Waals surface area (Å²) in [6, 6.07) is 16.4. The summed E-state index contributed by atoms with van der Waals surface area (Å²) in [6.45, 7) is 2.50. The molecule has 32 heavy (non-hydrogen) atoms. The number of imide groups is 1. The minimum absolute atomic E-state index is 0.0859. The molecule has 2 heterocycles. The summed E-state index contributed by atoms with van der Waals surface area (Å²) in [4.78, 5) is 29.9. The highest BCUT2D eigenvalue weighted by molar-refractivity contribution is 7.91. The Hall–Kier alpha value is -2.71. The average Bonchev–Trinajstić information content (AvgIpc) is 3.56. The number of nitrogens with zero attached hydrogens (tertiary/aromatic N) is 3. The molecule has 3 amide bonds. The van der Waals surface area contributed by atoms with E-state index in [0.717, 1.165) is 41.6 Å². The van der Waals surface area contributed by atoms with Crippen molar-refractivity contribution < 1.29 is 18.0 Å². The third kappa shape index (κ3) is 4.56. The summed E-state index contributed by atoms with van der Waals surface area (Å²) in [5.74, 6) is 0.382. The highest BCUT2D eigenvalue weighted by Crippen LogP contribution is 2.31. The molecule has 3 fully saturated rings. The first-order chi connectivity index (χ1) is 15.4. The van der Waals surface area contributed by atoms with Crippen LogP contribution < -0.4 is 0 Å². The second kappa shape index (κ2) is 8.33. The van der Waals surface area contributed by atoms with Crippen molar-refractivity contribution in [1.29, 1.82) is 0 Å². The molecule has 0 radical (unpaired) electrons. The minimum Gasteiger partial charge on any atom is -0.311 e.